The second kappa shape index (κ2) is 14.4. The third kappa shape index (κ3) is 11.2. The minimum absolute atomic E-state index is 0.0789. The van der Waals surface area contributed by atoms with Crippen LogP contribution in [0.1, 0.15) is 62.3 Å². The summed E-state index contributed by atoms with van der Waals surface area (Å²) in [4.78, 5) is 31.0. The molecule has 0 aliphatic carbocycles. The number of nitrogens with one attached hydrogen (secondary N) is 3. The van der Waals surface area contributed by atoms with E-state index in [2.05, 4.69) is 27.7 Å². The fraction of sp³-hybridized carbons (Fsp3) is 0.448. The lowest BCUT2D eigenvalue weighted by atomic mass is 9.92. The van der Waals surface area contributed by atoms with Crippen molar-refractivity contribution in [2.45, 2.75) is 58.5 Å². The summed E-state index contributed by atoms with van der Waals surface area (Å²) < 4.78 is 37.1. The van der Waals surface area contributed by atoms with Gasteiger partial charge in [0.05, 0.1) is 37.8 Å². The van der Waals surface area contributed by atoms with Crippen molar-refractivity contribution < 1.29 is 36.7 Å². The lowest BCUT2D eigenvalue weighted by Crippen LogP contribution is -3.13. The number of carbonyl (C=O) groups is 2. The van der Waals surface area contributed by atoms with Gasteiger partial charge in [-0.2, -0.15) is 8.42 Å². The lowest BCUT2D eigenvalue weighted by molar-refractivity contribution is -0.904. The fourth-order valence-electron chi connectivity index (χ4n) is 4.22. The van der Waals surface area contributed by atoms with Crippen LogP contribution in [0.2, 0.25) is 0 Å². The van der Waals surface area contributed by atoms with Crippen molar-refractivity contribution in [3.05, 3.63) is 65.6 Å². The highest BCUT2D eigenvalue weighted by Crippen LogP contribution is 2.24. The van der Waals surface area contributed by atoms with Crippen LogP contribution in [0.15, 0.2) is 53.2 Å². The molecule has 4 rings (SSSR count). The number of ketones is 1. The number of hydrogen-bond donors (Lipinski definition) is 4. The number of Topliss-reactive ketones (excluding diaryl/α,β-unsaturated/α-hetero) is 1. The topological polar surface area (TPSA) is 165 Å². The van der Waals surface area contributed by atoms with E-state index in [1.165, 1.54) is 0 Å². The number of ether oxygens (including phenoxy) is 1. The molecule has 0 bridgehead atoms. The Morgan fingerprint density at radius 1 is 1.10 bits per heavy atom. The number of amides is 2. The van der Waals surface area contributed by atoms with Crippen LogP contribution in [0.4, 0.5) is 16.4 Å². The average molecular weight is 603 g/mol. The molecule has 2 amide bonds. The number of aromatic nitrogens is 2. The molecule has 228 valence electrons. The van der Waals surface area contributed by atoms with Crippen LogP contribution < -0.4 is 20.3 Å². The van der Waals surface area contributed by atoms with E-state index in [0.717, 1.165) is 43.7 Å². The minimum atomic E-state index is -3.67. The molecular formula is C29H40N5O7S+. The Hall–Kier alpha value is -3.81. The lowest BCUT2D eigenvalue weighted by Gasteiger charge is -2.28. The van der Waals surface area contributed by atoms with Crippen molar-refractivity contribution in [1.82, 2.24) is 10.1 Å². The molecule has 42 heavy (non-hydrogen) atoms. The van der Waals surface area contributed by atoms with Crippen molar-refractivity contribution in [3.8, 4) is 5.75 Å². The number of pyridine rings is 1. The molecule has 1 aromatic carbocycles. The van der Waals surface area contributed by atoms with Crippen LogP contribution in [0.3, 0.4) is 0 Å². The van der Waals surface area contributed by atoms with Gasteiger partial charge in [-0.15, -0.1) is 0 Å². The quantitative estimate of drug-likeness (QED) is 0.223. The third-order valence-electron chi connectivity index (χ3n) is 6.56. The summed E-state index contributed by atoms with van der Waals surface area (Å²) in [6.07, 6.45) is 4.85. The number of hydrogen-bond acceptors (Lipinski definition) is 8. The van der Waals surface area contributed by atoms with Crippen LogP contribution in [0.25, 0.3) is 0 Å². The Bertz CT molecular complexity index is 1420. The van der Waals surface area contributed by atoms with Crippen LogP contribution >= 0.6 is 0 Å². The molecule has 12 nitrogen and oxygen atoms in total. The van der Waals surface area contributed by atoms with Gasteiger partial charge >= 0.3 is 6.03 Å². The second-order valence-electron chi connectivity index (χ2n) is 11.2. The number of piperidine rings is 1. The van der Waals surface area contributed by atoms with E-state index in [0.29, 0.717) is 23.4 Å². The predicted molar refractivity (Wildman–Crippen MR) is 159 cm³/mol. The molecule has 3 aromatic rings. The van der Waals surface area contributed by atoms with Crippen molar-refractivity contribution >= 4 is 33.5 Å². The monoisotopic (exact) mass is 602 g/mol. The van der Waals surface area contributed by atoms with Crippen LogP contribution in [0.5, 0.6) is 5.75 Å². The molecule has 0 spiro atoms. The molecule has 3 heterocycles. The van der Waals surface area contributed by atoms with Crippen LogP contribution in [-0.2, 0) is 22.0 Å². The molecular weight excluding hydrogens is 562 g/mol. The van der Waals surface area contributed by atoms with E-state index in [-0.39, 0.29) is 29.6 Å². The number of urea groups is 1. The van der Waals surface area contributed by atoms with Crippen molar-refractivity contribution in [1.29, 1.82) is 0 Å². The summed E-state index contributed by atoms with van der Waals surface area (Å²) in [5, 5.41) is 9.36. The van der Waals surface area contributed by atoms with E-state index in [1.54, 1.807) is 35.4 Å². The summed E-state index contributed by atoms with van der Waals surface area (Å²) in [6.45, 7) is 11.7. The average Bonchev–Trinajstić information content (AvgIpc) is 3.39. The first kappa shape index (κ1) is 32.7. The molecule has 0 unspecified atom stereocenters. The van der Waals surface area contributed by atoms with Gasteiger partial charge in [-0.25, -0.2) is 9.78 Å². The highest BCUT2D eigenvalue weighted by atomic mass is 32.2. The van der Waals surface area contributed by atoms with Gasteiger partial charge in [0, 0.05) is 36.4 Å². The predicted octanol–water partition coefficient (Wildman–Crippen LogP) is 3.39. The zero-order valence-corrected chi connectivity index (χ0v) is 25.5. The highest BCUT2D eigenvalue weighted by Gasteiger charge is 2.22. The normalized spacial score (nSPS) is 17.0. The smallest absolute Gasteiger partial charge is 0.326 e. The number of rotatable bonds is 8. The van der Waals surface area contributed by atoms with Crippen molar-refractivity contribution in [2.75, 3.05) is 36.5 Å². The Morgan fingerprint density at radius 2 is 1.74 bits per heavy atom. The van der Waals surface area contributed by atoms with Gasteiger partial charge in [-0.1, -0.05) is 38.1 Å². The molecule has 1 fully saturated rings. The maximum absolute atomic E-state index is 12.7. The summed E-state index contributed by atoms with van der Waals surface area (Å²) in [6, 6.07) is 11.9. The Morgan fingerprint density at radius 3 is 2.26 bits per heavy atom. The van der Waals surface area contributed by atoms with Crippen LogP contribution in [-0.4, -0.2) is 66.9 Å². The van der Waals surface area contributed by atoms with Gasteiger partial charge < -0.3 is 19.5 Å². The van der Waals surface area contributed by atoms with Crippen molar-refractivity contribution in [3.63, 3.8) is 0 Å². The summed E-state index contributed by atoms with van der Waals surface area (Å²) in [7, 11) is -3.67. The zero-order chi connectivity index (χ0) is 30.9. The molecule has 1 aliphatic heterocycles. The largest absolute Gasteiger partial charge is 0.488 e. The van der Waals surface area contributed by atoms with E-state index in [4.69, 9.17) is 13.8 Å². The first-order valence-corrected chi connectivity index (χ1v) is 15.6. The van der Waals surface area contributed by atoms with E-state index >= 15 is 0 Å². The van der Waals surface area contributed by atoms with Crippen molar-refractivity contribution in [2.24, 2.45) is 0 Å². The van der Waals surface area contributed by atoms with Gasteiger partial charge in [-0.05, 0) is 36.8 Å². The molecule has 1 saturated heterocycles. The molecule has 0 radical (unpaired) electrons. The summed E-state index contributed by atoms with van der Waals surface area (Å²) in [5.74, 6) is 0.899. The molecule has 4 N–H and O–H groups in total. The molecule has 0 atom stereocenters. The number of anilines is 2. The first-order chi connectivity index (χ1) is 19.7. The molecule has 1 aliphatic rings. The summed E-state index contributed by atoms with van der Waals surface area (Å²) >= 11 is 0. The molecule has 0 saturated carbocycles. The SMILES string of the molecule is CC[NH+]1CCC(Oc2ccc(C(=O)Cc3ccc(NC(=O)Nc4cc(C(C)(C)C)no4)cc3)nc2)CC1.CS(=O)(=O)O. The van der Waals surface area contributed by atoms with E-state index in [1.807, 2.05) is 39.0 Å². The van der Waals surface area contributed by atoms with E-state index < -0.39 is 16.1 Å². The van der Waals surface area contributed by atoms with Gasteiger partial charge in [0.2, 0.25) is 5.88 Å². The number of quaternary nitrogens is 1. The Labute approximate surface area is 246 Å². The van der Waals surface area contributed by atoms with Crippen LogP contribution in [0, 0.1) is 0 Å². The standard InChI is InChI=1S/C28H35N5O4.CH4O3S/c1-5-33-14-12-21(13-15-33)36-22-10-11-23(29-18-22)24(34)16-19-6-8-20(9-7-19)30-27(35)31-26-17-25(32-37-26)28(2,3)4;1-5(2,3)4/h6-11,17-18,21H,5,12-16H2,1-4H3,(H2,30,31,35);1H3,(H,2,3,4)/p+1. The maximum atomic E-state index is 12.7. The second-order valence-corrected chi connectivity index (χ2v) is 12.7. The fourth-order valence-corrected chi connectivity index (χ4v) is 4.22. The first-order valence-electron chi connectivity index (χ1n) is 13.8. The minimum Gasteiger partial charge on any atom is -0.488 e. The molecule has 13 heteroatoms. The Balaban J connectivity index is 0.000000892. The van der Waals surface area contributed by atoms with Gasteiger partial charge in [-0.3, -0.25) is 14.7 Å². The van der Waals surface area contributed by atoms with Gasteiger partial charge in [0.15, 0.2) is 5.78 Å². The maximum Gasteiger partial charge on any atom is 0.326 e. The van der Waals surface area contributed by atoms with E-state index in [9.17, 15) is 18.0 Å². The number of nitrogens with zero attached hydrogens (tertiary/aromatic N) is 2. The number of benzene rings is 1. The van der Waals surface area contributed by atoms with Gasteiger partial charge in [0.25, 0.3) is 10.1 Å². The third-order valence-corrected chi connectivity index (χ3v) is 6.56. The number of carbonyl (C=O) groups excluding carboxylic acids is 2. The zero-order valence-electron chi connectivity index (χ0n) is 24.6. The highest BCUT2D eigenvalue weighted by molar-refractivity contribution is 7.85. The van der Waals surface area contributed by atoms with Gasteiger partial charge in [0.1, 0.15) is 17.5 Å². The summed E-state index contributed by atoms with van der Waals surface area (Å²) in [5.41, 5.74) is 2.40. The number of likely N-dealkylation sites (tertiary alicyclic amines) is 1. The molecule has 2 aromatic heterocycles. The Kier molecular flexibility index (Phi) is 11.2.